The smallest absolute Gasteiger partial charge is 0.195 e. The summed E-state index contributed by atoms with van der Waals surface area (Å²) in [5, 5.41) is 0.516. The molecule has 0 aliphatic heterocycles. The van der Waals surface area contributed by atoms with E-state index in [1.54, 1.807) is 24.3 Å². The molecular weight excluding hydrogens is 236 g/mol. The van der Waals surface area contributed by atoms with Crippen molar-refractivity contribution in [3.8, 4) is 0 Å². The van der Waals surface area contributed by atoms with Gasteiger partial charge in [-0.2, -0.15) is 0 Å². The molecular formula is C13H15ClN2O. The maximum atomic E-state index is 11.9. The molecule has 0 atom stereocenters. The average Bonchev–Trinajstić information content (AvgIpc) is 2.29. The number of aromatic nitrogens is 1. The van der Waals surface area contributed by atoms with Gasteiger partial charge in [-0.1, -0.05) is 23.8 Å². The number of pyridine rings is 1. The second-order valence-corrected chi connectivity index (χ2v) is 3.99. The quantitative estimate of drug-likeness (QED) is 0.551. The first-order valence-electron chi connectivity index (χ1n) is 5.26. The first-order valence-corrected chi connectivity index (χ1v) is 5.64. The molecule has 1 aromatic heterocycles. The molecule has 0 spiro atoms. The van der Waals surface area contributed by atoms with Gasteiger partial charge in [-0.3, -0.25) is 14.7 Å². The monoisotopic (exact) mass is 250 g/mol. The Morgan fingerprint density at radius 1 is 1.41 bits per heavy atom. The number of carbonyl (C=O) groups is 1. The van der Waals surface area contributed by atoms with Crippen LogP contribution < -0.4 is 0 Å². The zero-order valence-electron chi connectivity index (χ0n) is 9.60. The summed E-state index contributed by atoms with van der Waals surface area (Å²) in [6.07, 6.45) is 5.03. The Kier molecular flexibility index (Phi) is 5.60. The zero-order valence-corrected chi connectivity index (χ0v) is 10.4. The van der Waals surface area contributed by atoms with Gasteiger partial charge in [0.1, 0.15) is 5.69 Å². The van der Waals surface area contributed by atoms with Crippen LogP contribution in [-0.4, -0.2) is 35.3 Å². The number of rotatable bonds is 7. The highest BCUT2D eigenvalue weighted by molar-refractivity contribution is 6.30. The molecule has 0 radical (unpaired) electrons. The van der Waals surface area contributed by atoms with Gasteiger partial charge in [-0.15, -0.1) is 13.2 Å². The van der Waals surface area contributed by atoms with Gasteiger partial charge in [0.25, 0.3) is 0 Å². The van der Waals surface area contributed by atoms with Crippen LogP contribution in [-0.2, 0) is 0 Å². The second-order valence-electron chi connectivity index (χ2n) is 3.55. The van der Waals surface area contributed by atoms with Gasteiger partial charge in [0.15, 0.2) is 5.78 Å². The van der Waals surface area contributed by atoms with Crippen LogP contribution in [0.4, 0.5) is 0 Å². The summed E-state index contributed by atoms with van der Waals surface area (Å²) < 4.78 is 0. The number of ketones is 1. The Morgan fingerprint density at radius 3 is 2.59 bits per heavy atom. The predicted octanol–water partition coefficient (Wildman–Crippen LogP) is 2.59. The molecule has 0 fully saturated rings. The normalized spacial score (nSPS) is 10.2. The van der Waals surface area contributed by atoms with Crippen molar-refractivity contribution in [2.75, 3.05) is 19.6 Å². The van der Waals surface area contributed by atoms with Gasteiger partial charge in [0.05, 0.1) is 6.54 Å². The van der Waals surface area contributed by atoms with Crippen LogP contribution in [0.1, 0.15) is 10.5 Å². The number of nitrogens with zero attached hydrogens (tertiary/aromatic N) is 2. The Morgan fingerprint density at radius 2 is 2.06 bits per heavy atom. The summed E-state index contributed by atoms with van der Waals surface area (Å²) in [6, 6.07) is 3.22. The topological polar surface area (TPSA) is 33.2 Å². The van der Waals surface area contributed by atoms with E-state index in [4.69, 9.17) is 11.6 Å². The largest absolute Gasteiger partial charge is 0.291 e. The molecule has 0 unspecified atom stereocenters. The van der Waals surface area contributed by atoms with Crippen LogP contribution in [0.5, 0.6) is 0 Å². The summed E-state index contributed by atoms with van der Waals surface area (Å²) in [7, 11) is 0. The molecule has 0 bridgehead atoms. The molecule has 1 aromatic rings. The molecule has 1 heterocycles. The van der Waals surface area contributed by atoms with Crippen molar-refractivity contribution in [3.05, 3.63) is 54.4 Å². The van der Waals surface area contributed by atoms with Gasteiger partial charge in [0, 0.05) is 24.3 Å². The van der Waals surface area contributed by atoms with Gasteiger partial charge < -0.3 is 0 Å². The van der Waals surface area contributed by atoms with Crippen molar-refractivity contribution in [2.45, 2.75) is 0 Å². The van der Waals surface area contributed by atoms with E-state index in [0.717, 1.165) is 0 Å². The second kappa shape index (κ2) is 6.99. The van der Waals surface area contributed by atoms with E-state index in [1.165, 1.54) is 6.20 Å². The molecule has 0 N–H and O–H groups in total. The van der Waals surface area contributed by atoms with Crippen molar-refractivity contribution < 1.29 is 4.79 Å². The predicted molar refractivity (Wildman–Crippen MR) is 70.4 cm³/mol. The summed E-state index contributed by atoms with van der Waals surface area (Å²) in [4.78, 5) is 17.8. The van der Waals surface area contributed by atoms with Gasteiger partial charge in [0.2, 0.25) is 0 Å². The maximum absolute atomic E-state index is 11.9. The highest BCUT2D eigenvalue weighted by atomic mass is 35.5. The summed E-state index contributed by atoms with van der Waals surface area (Å²) in [5.41, 5.74) is 0.385. The molecule has 1 rings (SSSR count). The number of carbonyl (C=O) groups excluding carboxylic acids is 1. The van der Waals surface area contributed by atoms with Gasteiger partial charge >= 0.3 is 0 Å². The lowest BCUT2D eigenvalue weighted by Crippen LogP contribution is -2.30. The number of halogens is 1. The van der Waals surface area contributed by atoms with Crippen LogP contribution in [0.2, 0.25) is 5.02 Å². The lowest BCUT2D eigenvalue weighted by atomic mass is 10.2. The molecule has 0 aromatic carbocycles. The Balaban J connectivity index is 2.69. The summed E-state index contributed by atoms with van der Waals surface area (Å²) in [6.45, 7) is 8.86. The fourth-order valence-electron chi connectivity index (χ4n) is 1.41. The molecule has 90 valence electrons. The van der Waals surface area contributed by atoms with E-state index in [-0.39, 0.29) is 12.3 Å². The van der Waals surface area contributed by atoms with Crippen LogP contribution in [0, 0.1) is 0 Å². The van der Waals surface area contributed by atoms with Crippen molar-refractivity contribution in [1.82, 2.24) is 9.88 Å². The van der Waals surface area contributed by atoms with E-state index in [9.17, 15) is 4.79 Å². The van der Waals surface area contributed by atoms with E-state index < -0.39 is 0 Å². The molecule has 0 amide bonds. The van der Waals surface area contributed by atoms with Crippen LogP contribution in [0.15, 0.2) is 43.6 Å². The summed E-state index contributed by atoms with van der Waals surface area (Å²) in [5.74, 6) is -0.0591. The minimum Gasteiger partial charge on any atom is -0.291 e. The highest BCUT2D eigenvalue weighted by Crippen LogP contribution is 2.09. The third-order valence-corrected chi connectivity index (χ3v) is 2.38. The highest BCUT2D eigenvalue weighted by Gasteiger charge is 2.12. The first-order chi connectivity index (χ1) is 8.17. The zero-order chi connectivity index (χ0) is 12.7. The Bertz CT molecular complexity index is 408. The van der Waals surface area contributed by atoms with E-state index in [2.05, 4.69) is 18.1 Å². The van der Waals surface area contributed by atoms with Gasteiger partial charge in [-0.25, -0.2) is 0 Å². The number of hydrogen-bond donors (Lipinski definition) is 0. The molecule has 0 aliphatic rings. The fraction of sp³-hybridized carbons (Fsp3) is 0.231. The van der Waals surface area contributed by atoms with Crippen molar-refractivity contribution in [2.24, 2.45) is 0 Å². The Labute approximate surface area is 106 Å². The number of Topliss-reactive ketones (excluding diaryl/α,β-unsaturated/α-hetero) is 1. The van der Waals surface area contributed by atoms with Crippen LogP contribution in [0.25, 0.3) is 0 Å². The van der Waals surface area contributed by atoms with Crippen molar-refractivity contribution in [3.63, 3.8) is 0 Å². The lowest BCUT2D eigenvalue weighted by Gasteiger charge is -2.17. The number of hydrogen-bond acceptors (Lipinski definition) is 3. The minimum atomic E-state index is -0.0591. The van der Waals surface area contributed by atoms with Gasteiger partial charge in [-0.05, 0) is 12.1 Å². The first kappa shape index (κ1) is 13.6. The van der Waals surface area contributed by atoms with E-state index in [0.29, 0.717) is 23.8 Å². The van der Waals surface area contributed by atoms with E-state index >= 15 is 0 Å². The van der Waals surface area contributed by atoms with Crippen LogP contribution >= 0.6 is 11.6 Å². The molecule has 0 saturated heterocycles. The fourth-order valence-corrected chi connectivity index (χ4v) is 1.57. The van der Waals surface area contributed by atoms with Crippen molar-refractivity contribution >= 4 is 17.4 Å². The van der Waals surface area contributed by atoms with Crippen LogP contribution in [0.3, 0.4) is 0 Å². The minimum absolute atomic E-state index is 0.0591. The van der Waals surface area contributed by atoms with Crippen molar-refractivity contribution in [1.29, 1.82) is 0 Å². The molecule has 3 nitrogen and oxygen atoms in total. The molecule has 17 heavy (non-hydrogen) atoms. The standard InChI is InChI=1S/C13H15ClN2O/c1-3-7-16(8-4-2)10-13(17)12-9-11(14)5-6-15-12/h3-6,9H,1-2,7-8,10H2. The summed E-state index contributed by atoms with van der Waals surface area (Å²) >= 11 is 5.81. The third kappa shape index (κ3) is 4.51. The third-order valence-electron chi connectivity index (χ3n) is 2.15. The maximum Gasteiger partial charge on any atom is 0.195 e. The average molecular weight is 251 g/mol. The van der Waals surface area contributed by atoms with E-state index in [1.807, 2.05) is 4.90 Å². The molecule has 4 heteroatoms. The molecule has 0 aliphatic carbocycles. The lowest BCUT2D eigenvalue weighted by molar-refractivity contribution is 0.0940. The molecule has 0 saturated carbocycles. The SMILES string of the molecule is C=CCN(CC=C)CC(=O)c1cc(Cl)ccn1. The Hall–Kier alpha value is -1.45.